The minimum atomic E-state index is -0.559. The first-order chi connectivity index (χ1) is 13.6. The van der Waals surface area contributed by atoms with E-state index in [1.54, 1.807) is 7.11 Å². The summed E-state index contributed by atoms with van der Waals surface area (Å²) in [6.07, 6.45) is 4.29. The summed E-state index contributed by atoms with van der Waals surface area (Å²) in [6.45, 7) is 4.87. The standard InChI is InChI=1S/C21H31N3O4/c1-27-18-6-4-17(5-7-18)21(8-2-3-9-21)16-23-20(26)19(25)22-10-11-24-12-14-28-15-13-24/h4-7H,2-3,8-16H2,1H3,(H,22,25)(H,23,26). The summed E-state index contributed by atoms with van der Waals surface area (Å²) in [7, 11) is 1.65. The van der Waals surface area contributed by atoms with Gasteiger partial charge < -0.3 is 20.1 Å². The predicted molar refractivity (Wildman–Crippen MR) is 106 cm³/mol. The van der Waals surface area contributed by atoms with Gasteiger partial charge in [0.15, 0.2) is 0 Å². The molecule has 0 aromatic heterocycles. The van der Waals surface area contributed by atoms with Crippen LogP contribution in [0.3, 0.4) is 0 Å². The zero-order valence-electron chi connectivity index (χ0n) is 16.7. The fourth-order valence-electron chi connectivity index (χ4n) is 4.13. The van der Waals surface area contributed by atoms with E-state index in [2.05, 4.69) is 27.7 Å². The number of hydrogen-bond donors (Lipinski definition) is 2. The summed E-state index contributed by atoms with van der Waals surface area (Å²) in [5.41, 5.74) is 1.09. The molecule has 7 nitrogen and oxygen atoms in total. The molecule has 1 aromatic rings. The highest BCUT2D eigenvalue weighted by Gasteiger charge is 2.36. The molecule has 28 heavy (non-hydrogen) atoms. The molecule has 1 saturated carbocycles. The molecular formula is C21H31N3O4. The maximum Gasteiger partial charge on any atom is 0.309 e. The van der Waals surface area contributed by atoms with Crippen LogP contribution in [0.25, 0.3) is 0 Å². The number of nitrogens with one attached hydrogen (secondary N) is 2. The van der Waals surface area contributed by atoms with Gasteiger partial charge in [-0.1, -0.05) is 25.0 Å². The molecule has 2 amide bonds. The average molecular weight is 389 g/mol. The molecule has 1 aliphatic heterocycles. The van der Waals surface area contributed by atoms with Gasteiger partial charge in [-0.2, -0.15) is 0 Å². The van der Waals surface area contributed by atoms with E-state index in [9.17, 15) is 9.59 Å². The Morgan fingerprint density at radius 2 is 1.71 bits per heavy atom. The Morgan fingerprint density at radius 3 is 2.36 bits per heavy atom. The van der Waals surface area contributed by atoms with E-state index in [0.717, 1.165) is 64.3 Å². The predicted octanol–water partition coefficient (Wildman–Crippen LogP) is 1.07. The second kappa shape index (κ2) is 9.89. The van der Waals surface area contributed by atoms with Gasteiger partial charge >= 0.3 is 11.8 Å². The third-order valence-corrected chi connectivity index (χ3v) is 5.87. The van der Waals surface area contributed by atoms with Crippen LogP contribution in [-0.4, -0.2) is 69.8 Å². The third kappa shape index (κ3) is 5.23. The molecule has 3 rings (SSSR count). The minimum absolute atomic E-state index is 0.101. The van der Waals surface area contributed by atoms with Crippen molar-refractivity contribution in [3.8, 4) is 5.75 Å². The van der Waals surface area contributed by atoms with Gasteiger partial charge in [0, 0.05) is 38.1 Å². The van der Waals surface area contributed by atoms with E-state index in [1.807, 2.05) is 12.1 Å². The van der Waals surface area contributed by atoms with Crippen molar-refractivity contribution in [3.05, 3.63) is 29.8 Å². The summed E-state index contributed by atoms with van der Waals surface area (Å²) in [5, 5.41) is 5.59. The second-order valence-electron chi connectivity index (χ2n) is 7.61. The lowest BCUT2D eigenvalue weighted by Gasteiger charge is -2.30. The maximum atomic E-state index is 12.3. The van der Waals surface area contributed by atoms with E-state index in [-0.39, 0.29) is 5.41 Å². The van der Waals surface area contributed by atoms with Crippen LogP contribution in [0.15, 0.2) is 24.3 Å². The van der Waals surface area contributed by atoms with E-state index >= 15 is 0 Å². The highest BCUT2D eigenvalue weighted by Crippen LogP contribution is 2.41. The van der Waals surface area contributed by atoms with E-state index < -0.39 is 11.8 Å². The summed E-state index contributed by atoms with van der Waals surface area (Å²) >= 11 is 0. The molecule has 2 N–H and O–H groups in total. The molecule has 0 bridgehead atoms. The lowest BCUT2D eigenvalue weighted by molar-refractivity contribution is -0.139. The van der Waals surface area contributed by atoms with E-state index in [4.69, 9.17) is 9.47 Å². The van der Waals surface area contributed by atoms with Crippen molar-refractivity contribution in [3.63, 3.8) is 0 Å². The molecule has 7 heteroatoms. The summed E-state index contributed by atoms with van der Waals surface area (Å²) in [6, 6.07) is 8.04. The molecule has 154 valence electrons. The van der Waals surface area contributed by atoms with Gasteiger partial charge in [0.1, 0.15) is 5.75 Å². The van der Waals surface area contributed by atoms with Crippen LogP contribution in [0, 0.1) is 0 Å². The average Bonchev–Trinajstić information content (AvgIpc) is 3.23. The number of rotatable bonds is 7. The fraction of sp³-hybridized carbons (Fsp3) is 0.619. The molecular weight excluding hydrogens is 358 g/mol. The smallest absolute Gasteiger partial charge is 0.309 e. The zero-order chi connectivity index (χ0) is 19.8. The highest BCUT2D eigenvalue weighted by atomic mass is 16.5. The van der Waals surface area contributed by atoms with Crippen LogP contribution in [0.5, 0.6) is 5.75 Å². The van der Waals surface area contributed by atoms with Crippen LogP contribution in [0.1, 0.15) is 31.2 Å². The van der Waals surface area contributed by atoms with Crippen LogP contribution in [-0.2, 0) is 19.7 Å². The third-order valence-electron chi connectivity index (χ3n) is 5.87. The van der Waals surface area contributed by atoms with Crippen molar-refractivity contribution in [2.24, 2.45) is 0 Å². The van der Waals surface area contributed by atoms with E-state index in [1.165, 1.54) is 5.56 Å². The van der Waals surface area contributed by atoms with Gasteiger partial charge in [-0.25, -0.2) is 0 Å². The summed E-state index contributed by atoms with van der Waals surface area (Å²) in [4.78, 5) is 26.6. The normalized spacial score (nSPS) is 19.2. The number of methoxy groups -OCH3 is 1. The quantitative estimate of drug-likeness (QED) is 0.682. The van der Waals surface area contributed by atoms with Crippen LogP contribution >= 0.6 is 0 Å². The molecule has 0 radical (unpaired) electrons. The number of carbonyl (C=O) groups excluding carboxylic acids is 2. The second-order valence-corrected chi connectivity index (χ2v) is 7.61. The molecule has 0 unspecified atom stereocenters. The number of hydrogen-bond acceptors (Lipinski definition) is 5. The van der Waals surface area contributed by atoms with Crippen molar-refractivity contribution >= 4 is 11.8 Å². The lowest BCUT2D eigenvalue weighted by Crippen LogP contribution is -2.47. The highest BCUT2D eigenvalue weighted by molar-refractivity contribution is 6.35. The Labute approximate surface area is 166 Å². The largest absolute Gasteiger partial charge is 0.497 e. The monoisotopic (exact) mass is 389 g/mol. The lowest BCUT2D eigenvalue weighted by atomic mass is 9.78. The molecule has 0 atom stereocenters. The topological polar surface area (TPSA) is 79.9 Å². The van der Waals surface area contributed by atoms with Gasteiger partial charge in [0.2, 0.25) is 0 Å². The molecule has 1 aliphatic carbocycles. The number of amides is 2. The van der Waals surface area contributed by atoms with Gasteiger partial charge in [-0.3, -0.25) is 14.5 Å². The molecule has 0 spiro atoms. The first-order valence-electron chi connectivity index (χ1n) is 10.1. The van der Waals surface area contributed by atoms with Crippen LogP contribution in [0.4, 0.5) is 0 Å². The van der Waals surface area contributed by atoms with Crippen molar-refractivity contribution in [1.29, 1.82) is 0 Å². The van der Waals surface area contributed by atoms with Crippen molar-refractivity contribution in [2.45, 2.75) is 31.1 Å². The van der Waals surface area contributed by atoms with Crippen LogP contribution < -0.4 is 15.4 Å². The first kappa shape index (κ1) is 20.6. The van der Waals surface area contributed by atoms with E-state index in [0.29, 0.717) is 13.1 Å². The Balaban J connectivity index is 1.48. The van der Waals surface area contributed by atoms with Crippen molar-refractivity contribution in [1.82, 2.24) is 15.5 Å². The first-order valence-corrected chi connectivity index (χ1v) is 10.1. The van der Waals surface area contributed by atoms with Gasteiger partial charge in [0.25, 0.3) is 0 Å². The minimum Gasteiger partial charge on any atom is -0.497 e. The molecule has 2 fully saturated rings. The maximum absolute atomic E-state index is 12.3. The molecule has 1 heterocycles. The Hall–Kier alpha value is -2.12. The fourth-order valence-corrected chi connectivity index (χ4v) is 4.13. The number of benzene rings is 1. The van der Waals surface area contributed by atoms with Gasteiger partial charge in [-0.05, 0) is 30.5 Å². The number of ether oxygens (including phenoxy) is 2. The molecule has 1 saturated heterocycles. The number of nitrogens with zero attached hydrogens (tertiary/aromatic N) is 1. The Kier molecular flexibility index (Phi) is 7.28. The molecule has 1 aromatic carbocycles. The summed E-state index contributed by atoms with van der Waals surface area (Å²) in [5.74, 6) is -0.293. The Morgan fingerprint density at radius 1 is 1.07 bits per heavy atom. The Bertz CT molecular complexity index is 650. The van der Waals surface area contributed by atoms with Crippen molar-refractivity contribution in [2.75, 3.05) is 53.0 Å². The number of carbonyl (C=O) groups is 2. The molecule has 2 aliphatic rings. The SMILES string of the molecule is COc1ccc(C2(CNC(=O)C(=O)NCCN3CCOCC3)CCCC2)cc1. The zero-order valence-corrected chi connectivity index (χ0v) is 16.7. The van der Waals surface area contributed by atoms with Crippen molar-refractivity contribution < 1.29 is 19.1 Å². The summed E-state index contributed by atoms with van der Waals surface area (Å²) < 4.78 is 10.5. The van der Waals surface area contributed by atoms with Gasteiger partial charge in [0.05, 0.1) is 20.3 Å². The van der Waals surface area contributed by atoms with Crippen LogP contribution in [0.2, 0.25) is 0 Å². The number of morpholine rings is 1. The van der Waals surface area contributed by atoms with Gasteiger partial charge in [-0.15, -0.1) is 0 Å².